The molecular formula is C20H25N7O. The van der Waals surface area contributed by atoms with Gasteiger partial charge in [0.1, 0.15) is 5.82 Å². The molecule has 146 valence electrons. The average Bonchev–Trinajstić information content (AvgIpc) is 3.24. The summed E-state index contributed by atoms with van der Waals surface area (Å²) >= 11 is 0. The van der Waals surface area contributed by atoms with Crippen molar-refractivity contribution in [2.75, 3.05) is 50.1 Å². The first-order valence-corrected chi connectivity index (χ1v) is 9.50. The minimum absolute atomic E-state index is 0.0786. The van der Waals surface area contributed by atoms with E-state index in [-0.39, 0.29) is 6.04 Å². The van der Waals surface area contributed by atoms with Crippen molar-refractivity contribution in [1.29, 1.82) is 0 Å². The zero-order valence-corrected chi connectivity index (χ0v) is 16.5. The first-order chi connectivity index (χ1) is 13.6. The molecule has 8 nitrogen and oxygen atoms in total. The topological polar surface area (TPSA) is 74.4 Å². The molecule has 28 heavy (non-hydrogen) atoms. The number of anilines is 2. The Morgan fingerprint density at radius 2 is 1.75 bits per heavy atom. The summed E-state index contributed by atoms with van der Waals surface area (Å²) in [7, 11) is 3.90. The lowest BCUT2D eigenvalue weighted by atomic mass is 10.2. The second-order valence-electron chi connectivity index (χ2n) is 7.12. The zero-order chi connectivity index (χ0) is 19.5. The molecule has 3 aromatic rings. The van der Waals surface area contributed by atoms with Gasteiger partial charge in [-0.25, -0.2) is 4.98 Å². The van der Waals surface area contributed by atoms with E-state index in [1.54, 1.807) is 0 Å². The van der Waals surface area contributed by atoms with E-state index in [4.69, 9.17) is 4.42 Å². The Morgan fingerprint density at radius 1 is 1.00 bits per heavy atom. The molecule has 0 amide bonds. The number of aromatic nitrogens is 4. The third kappa shape index (κ3) is 3.82. The molecule has 0 aliphatic carbocycles. The van der Waals surface area contributed by atoms with Crippen LogP contribution in [0.15, 0.2) is 47.0 Å². The highest BCUT2D eigenvalue weighted by Gasteiger charge is 2.26. The van der Waals surface area contributed by atoms with Crippen LogP contribution < -0.4 is 9.80 Å². The molecule has 0 radical (unpaired) electrons. The molecule has 1 fully saturated rings. The second kappa shape index (κ2) is 7.93. The van der Waals surface area contributed by atoms with Crippen molar-refractivity contribution in [3.05, 3.63) is 48.5 Å². The molecule has 0 saturated carbocycles. The van der Waals surface area contributed by atoms with Gasteiger partial charge in [0.15, 0.2) is 0 Å². The second-order valence-corrected chi connectivity index (χ2v) is 7.12. The Bertz CT molecular complexity index is 904. The number of piperazine rings is 1. The normalized spacial score (nSPS) is 16.2. The Balaban J connectivity index is 1.40. The summed E-state index contributed by atoms with van der Waals surface area (Å²) < 4.78 is 5.93. The van der Waals surface area contributed by atoms with Gasteiger partial charge < -0.3 is 14.2 Å². The largest absolute Gasteiger partial charge is 0.419 e. The number of rotatable bonds is 5. The highest BCUT2D eigenvalue weighted by molar-refractivity contribution is 5.51. The molecule has 0 bridgehead atoms. The zero-order valence-electron chi connectivity index (χ0n) is 16.5. The smallest absolute Gasteiger partial charge is 0.247 e. The van der Waals surface area contributed by atoms with Crippen molar-refractivity contribution in [1.82, 2.24) is 25.1 Å². The van der Waals surface area contributed by atoms with Crippen molar-refractivity contribution in [3.8, 4) is 11.5 Å². The van der Waals surface area contributed by atoms with Crippen LogP contribution in [0.25, 0.3) is 11.5 Å². The van der Waals surface area contributed by atoms with Crippen LogP contribution in [0.3, 0.4) is 0 Å². The SMILES string of the molecule is CC(c1nnc(-c2ccccc2)o1)N1CCN(c2ccnc(N(C)C)n2)CC1. The van der Waals surface area contributed by atoms with Gasteiger partial charge in [-0.2, -0.15) is 4.98 Å². The van der Waals surface area contributed by atoms with Crippen molar-refractivity contribution >= 4 is 11.8 Å². The molecule has 1 aliphatic rings. The van der Waals surface area contributed by atoms with Crippen LogP contribution >= 0.6 is 0 Å². The molecule has 1 aromatic carbocycles. The van der Waals surface area contributed by atoms with Gasteiger partial charge in [0.2, 0.25) is 17.7 Å². The van der Waals surface area contributed by atoms with Crippen LogP contribution in [0.4, 0.5) is 11.8 Å². The summed E-state index contributed by atoms with van der Waals surface area (Å²) in [5.41, 5.74) is 0.943. The van der Waals surface area contributed by atoms with Gasteiger partial charge in [0.25, 0.3) is 0 Å². The Morgan fingerprint density at radius 3 is 2.46 bits per heavy atom. The average molecular weight is 379 g/mol. The summed E-state index contributed by atoms with van der Waals surface area (Å²) in [4.78, 5) is 15.5. The molecule has 8 heteroatoms. The molecule has 3 heterocycles. The Labute approximate surface area is 164 Å². The molecule has 0 spiro atoms. The molecule has 2 aromatic heterocycles. The van der Waals surface area contributed by atoms with E-state index < -0.39 is 0 Å². The van der Waals surface area contributed by atoms with Gasteiger partial charge >= 0.3 is 0 Å². The van der Waals surface area contributed by atoms with Crippen molar-refractivity contribution in [2.45, 2.75) is 13.0 Å². The highest BCUT2D eigenvalue weighted by atomic mass is 16.4. The van der Waals surface area contributed by atoms with Gasteiger partial charge in [-0.15, -0.1) is 10.2 Å². The van der Waals surface area contributed by atoms with E-state index in [1.807, 2.05) is 61.6 Å². The van der Waals surface area contributed by atoms with E-state index in [2.05, 4.69) is 36.9 Å². The minimum Gasteiger partial charge on any atom is -0.419 e. The molecule has 4 rings (SSSR count). The minimum atomic E-state index is 0.0786. The maximum absolute atomic E-state index is 5.93. The van der Waals surface area contributed by atoms with Crippen LogP contribution in [0.1, 0.15) is 18.9 Å². The van der Waals surface area contributed by atoms with E-state index in [0.717, 1.165) is 43.5 Å². The van der Waals surface area contributed by atoms with Gasteiger partial charge in [-0.3, -0.25) is 4.90 Å². The van der Waals surface area contributed by atoms with Gasteiger partial charge in [0, 0.05) is 52.0 Å². The summed E-state index contributed by atoms with van der Waals surface area (Å²) in [6.07, 6.45) is 1.82. The number of nitrogens with zero attached hydrogens (tertiary/aromatic N) is 7. The lowest BCUT2D eigenvalue weighted by molar-refractivity contribution is 0.173. The van der Waals surface area contributed by atoms with E-state index >= 15 is 0 Å². The van der Waals surface area contributed by atoms with Crippen LogP contribution in [-0.2, 0) is 0 Å². The molecule has 1 atom stereocenters. The standard InChI is InChI=1S/C20H25N7O/c1-15(18-23-24-19(28-18)16-7-5-4-6-8-16)26-11-13-27(14-12-26)17-9-10-21-20(22-17)25(2)3/h4-10,15H,11-14H2,1-3H3. The predicted molar refractivity (Wildman–Crippen MR) is 108 cm³/mol. The lowest BCUT2D eigenvalue weighted by Crippen LogP contribution is -2.47. The summed E-state index contributed by atoms with van der Waals surface area (Å²) in [5.74, 6) is 2.92. The number of hydrogen-bond acceptors (Lipinski definition) is 8. The summed E-state index contributed by atoms with van der Waals surface area (Å²) in [6.45, 7) is 5.73. The summed E-state index contributed by atoms with van der Waals surface area (Å²) in [6, 6.07) is 11.9. The van der Waals surface area contributed by atoms with E-state index in [1.165, 1.54) is 0 Å². The van der Waals surface area contributed by atoms with Crippen LogP contribution in [0.2, 0.25) is 0 Å². The van der Waals surface area contributed by atoms with Crippen LogP contribution in [0, 0.1) is 0 Å². The highest BCUT2D eigenvalue weighted by Crippen LogP contribution is 2.25. The summed E-state index contributed by atoms with van der Waals surface area (Å²) in [5, 5.41) is 8.49. The predicted octanol–water partition coefficient (Wildman–Crippen LogP) is 2.48. The lowest BCUT2D eigenvalue weighted by Gasteiger charge is -2.37. The van der Waals surface area contributed by atoms with Crippen LogP contribution in [0.5, 0.6) is 0 Å². The maximum atomic E-state index is 5.93. The molecule has 1 aliphatic heterocycles. The van der Waals surface area contributed by atoms with Crippen molar-refractivity contribution < 1.29 is 4.42 Å². The monoisotopic (exact) mass is 379 g/mol. The van der Waals surface area contributed by atoms with Gasteiger partial charge in [-0.05, 0) is 25.1 Å². The van der Waals surface area contributed by atoms with Gasteiger partial charge in [0.05, 0.1) is 6.04 Å². The fraction of sp³-hybridized carbons (Fsp3) is 0.400. The fourth-order valence-corrected chi connectivity index (χ4v) is 3.33. The third-order valence-corrected chi connectivity index (χ3v) is 5.03. The Kier molecular flexibility index (Phi) is 5.21. The number of hydrogen-bond donors (Lipinski definition) is 0. The van der Waals surface area contributed by atoms with E-state index in [9.17, 15) is 0 Å². The van der Waals surface area contributed by atoms with Crippen LogP contribution in [-0.4, -0.2) is 65.3 Å². The molecular weight excluding hydrogens is 354 g/mol. The third-order valence-electron chi connectivity index (χ3n) is 5.03. The fourth-order valence-electron chi connectivity index (χ4n) is 3.33. The number of benzene rings is 1. The molecule has 1 saturated heterocycles. The Hall–Kier alpha value is -3.00. The van der Waals surface area contributed by atoms with E-state index in [0.29, 0.717) is 11.8 Å². The first kappa shape index (κ1) is 18.4. The van der Waals surface area contributed by atoms with Crippen molar-refractivity contribution in [2.24, 2.45) is 0 Å². The van der Waals surface area contributed by atoms with Crippen molar-refractivity contribution in [3.63, 3.8) is 0 Å². The maximum Gasteiger partial charge on any atom is 0.247 e. The molecule has 1 unspecified atom stereocenters. The first-order valence-electron chi connectivity index (χ1n) is 9.50. The quantitative estimate of drug-likeness (QED) is 0.669. The molecule has 0 N–H and O–H groups in total. The van der Waals surface area contributed by atoms with Gasteiger partial charge in [-0.1, -0.05) is 18.2 Å².